The topological polar surface area (TPSA) is 91.3 Å². The van der Waals surface area contributed by atoms with E-state index in [2.05, 4.69) is 29.6 Å². The molecule has 4 atom stereocenters. The van der Waals surface area contributed by atoms with Crippen molar-refractivity contribution in [2.75, 3.05) is 39.4 Å². The minimum Gasteiger partial charge on any atom is -0.389 e. The summed E-state index contributed by atoms with van der Waals surface area (Å²) in [4.78, 5) is 29.5. The molecule has 3 amide bonds. The molecule has 0 aromatic heterocycles. The number of ether oxygens (including phenoxy) is 2. The molecule has 8 nitrogen and oxygen atoms in total. The van der Waals surface area contributed by atoms with E-state index in [0.29, 0.717) is 31.9 Å². The maximum absolute atomic E-state index is 13.1. The molecule has 0 spiro atoms. The van der Waals surface area contributed by atoms with E-state index in [1.54, 1.807) is 4.90 Å². The zero-order chi connectivity index (χ0) is 24.6. The number of benzene rings is 1. The molecule has 3 aliphatic heterocycles. The molecule has 1 aromatic rings. The second-order valence-corrected chi connectivity index (χ2v) is 10.2. The number of piperidine rings is 1. The van der Waals surface area contributed by atoms with Crippen LogP contribution in [0.2, 0.25) is 0 Å². The molecule has 3 heterocycles. The number of carbonyl (C=O) groups is 2. The second-order valence-electron chi connectivity index (χ2n) is 10.2. The van der Waals surface area contributed by atoms with Gasteiger partial charge in [0.15, 0.2) is 0 Å². The standard InChI is InChI=1S/C27H41N3O5/c1-2-12-28-27(33)30-17-22(31)18-34-19-25-24(30)9-8-23(35-25)16-26(32)29-13-10-21(11-14-29)15-20-6-4-3-5-7-20/h3-7,21-25,31H,2,8-19H2,1H3,(H,28,33)/t22-,23-,24-,25+/m0/s1. The number of fused-ring (bicyclic) bond motifs is 1. The van der Waals surface area contributed by atoms with Crippen molar-refractivity contribution in [2.24, 2.45) is 5.92 Å². The molecule has 3 fully saturated rings. The molecule has 2 N–H and O–H groups in total. The molecular formula is C27H41N3O5. The molecule has 3 saturated heterocycles. The van der Waals surface area contributed by atoms with Crippen LogP contribution >= 0.6 is 0 Å². The third-order valence-electron chi connectivity index (χ3n) is 7.50. The minimum atomic E-state index is -0.715. The summed E-state index contributed by atoms with van der Waals surface area (Å²) in [6.45, 7) is 4.93. The van der Waals surface area contributed by atoms with Gasteiger partial charge in [-0.1, -0.05) is 37.3 Å². The number of nitrogens with zero attached hydrogens (tertiary/aromatic N) is 2. The van der Waals surface area contributed by atoms with Crippen molar-refractivity contribution in [2.45, 2.75) is 76.2 Å². The van der Waals surface area contributed by atoms with Crippen LogP contribution in [0.3, 0.4) is 0 Å². The number of carbonyl (C=O) groups excluding carboxylic acids is 2. The van der Waals surface area contributed by atoms with Gasteiger partial charge in [0, 0.05) is 19.6 Å². The lowest BCUT2D eigenvalue weighted by molar-refractivity contribution is -0.155. The summed E-state index contributed by atoms with van der Waals surface area (Å²) in [6, 6.07) is 10.2. The van der Waals surface area contributed by atoms with E-state index in [1.807, 2.05) is 17.9 Å². The van der Waals surface area contributed by atoms with Crippen molar-refractivity contribution in [3.05, 3.63) is 35.9 Å². The second kappa shape index (κ2) is 12.7. The Labute approximate surface area is 208 Å². The van der Waals surface area contributed by atoms with Crippen LogP contribution in [0.25, 0.3) is 0 Å². The van der Waals surface area contributed by atoms with Crippen LogP contribution in [0, 0.1) is 5.92 Å². The number of aliphatic hydroxyl groups excluding tert-OH is 1. The molecule has 8 heteroatoms. The van der Waals surface area contributed by atoms with Gasteiger partial charge in [-0.15, -0.1) is 0 Å². The first-order chi connectivity index (χ1) is 17.0. The highest BCUT2D eigenvalue weighted by molar-refractivity contribution is 5.77. The molecule has 0 unspecified atom stereocenters. The highest BCUT2D eigenvalue weighted by atomic mass is 16.5. The highest BCUT2D eigenvalue weighted by Crippen LogP contribution is 2.29. The van der Waals surface area contributed by atoms with Gasteiger partial charge in [-0.25, -0.2) is 4.79 Å². The number of likely N-dealkylation sites (tertiary alicyclic amines) is 1. The van der Waals surface area contributed by atoms with Crippen LogP contribution in [0.15, 0.2) is 30.3 Å². The summed E-state index contributed by atoms with van der Waals surface area (Å²) in [7, 11) is 0. The Morgan fingerprint density at radius 1 is 1.09 bits per heavy atom. The maximum atomic E-state index is 13.1. The Kier molecular flexibility index (Phi) is 9.40. The molecule has 35 heavy (non-hydrogen) atoms. The zero-order valence-corrected chi connectivity index (χ0v) is 20.9. The van der Waals surface area contributed by atoms with Crippen molar-refractivity contribution in [1.82, 2.24) is 15.1 Å². The van der Waals surface area contributed by atoms with E-state index in [-0.39, 0.29) is 43.3 Å². The van der Waals surface area contributed by atoms with Gasteiger partial charge in [-0.3, -0.25) is 4.79 Å². The average Bonchev–Trinajstić information content (AvgIpc) is 2.86. The highest BCUT2D eigenvalue weighted by Gasteiger charge is 2.40. The fourth-order valence-electron chi connectivity index (χ4n) is 5.57. The normalized spacial score (nSPS) is 28.1. The van der Waals surface area contributed by atoms with Gasteiger partial charge in [0.05, 0.1) is 44.4 Å². The van der Waals surface area contributed by atoms with Gasteiger partial charge >= 0.3 is 6.03 Å². The molecule has 0 saturated carbocycles. The van der Waals surface area contributed by atoms with Gasteiger partial charge in [0.2, 0.25) is 5.91 Å². The lowest BCUT2D eigenvalue weighted by atomic mass is 9.90. The van der Waals surface area contributed by atoms with Crippen LogP contribution in [0.5, 0.6) is 0 Å². The SMILES string of the molecule is CCCNC(=O)N1C[C@H](O)COC[C@H]2O[C@H](CC(=O)N3CCC(Cc4ccccc4)CC3)CC[C@@H]21. The number of nitrogens with one attached hydrogen (secondary N) is 1. The lowest BCUT2D eigenvalue weighted by Crippen LogP contribution is -2.59. The number of urea groups is 1. The summed E-state index contributed by atoms with van der Waals surface area (Å²) in [6.07, 6.45) is 4.64. The van der Waals surface area contributed by atoms with Gasteiger partial charge < -0.3 is 29.7 Å². The first-order valence-corrected chi connectivity index (χ1v) is 13.3. The van der Waals surface area contributed by atoms with Crippen LogP contribution in [-0.2, 0) is 20.7 Å². The molecule has 194 valence electrons. The average molecular weight is 488 g/mol. The summed E-state index contributed by atoms with van der Waals surface area (Å²) in [5.41, 5.74) is 1.37. The summed E-state index contributed by atoms with van der Waals surface area (Å²) in [5.74, 6) is 0.784. The molecule has 0 bridgehead atoms. The van der Waals surface area contributed by atoms with Crippen molar-refractivity contribution in [3.63, 3.8) is 0 Å². The van der Waals surface area contributed by atoms with Gasteiger partial charge in [-0.05, 0) is 50.0 Å². The Balaban J connectivity index is 1.27. The largest absolute Gasteiger partial charge is 0.389 e. The van der Waals surface area contributed by atoms with Crippen LogP contribution in [0.4, 0.5) is 4.79 Å². The van der Waals surface area contributed by atoms with Gasteiger partial charge in [0.25, 0.3) is 0 Å². The van der Waals surface area contributed by atoms with Crippen LogP contribution < -0.4 is 5.32 Å². The fourth-order valence-corrected chi connectivity index (χ4v) is 5.57. The summed E-state index contributed by atoms with van der Waals surface area (Å²) < 4.78 is 12.0. The van der Waals surface area contributed by atoms with Crippen molar-refractivity contribution < 1.29 is 24.2 Å². The van der Waals surface area contributed by atoms with Crippen LogP contribution in [-0.4, -0.2) is 90.6 Å². The van der Waals surface area contributed by atoms with E-state index >= 15 is 0 Å². The minimum absolute atomic E-state index is 0.159. The van der Waals surface area contributed by atoms with Gasteiger partial charge in [-0.2, -0.15) is 0 Å². The quantitative estimate of drug-likeness (QED) is 0.644. The number of rotatable bonds is 6. The number of hydrogen-bond donors (Lipinski definition) is 2. The third kappa shape index (κ3) is 7.18. The van der Waals surface area contributed by atoms with E-state index in [4.69, 9.17) is 9.47 Å². The number of β-amino-alcohol motifs (C(OH)–C–C–N with tert-alkyl or cyclic N) is 1. The Morgan fingerprint density at radius 2 is 1.86 bits per heavy atom. The van der Waals surface area contributed by atoms with E-state index in [1.165, 1.54) is 5.56 Å². The molecule has 4 rings (SSSR count). The molecule has 0 aliphatic carbocycles. The Bertz CT molecular complexity index is 814. The number of amides is 3. The van der Waals surface area contributed by atoms with Crippen LogP contribution in [0.1, 0.15) is 51.0 Å². The summed E-state index contributed by atoms with van der Waals surface area (Å²) in [5, 5.41) is 13.2. The zero-order valence-electron chi connectivity index (χ0n) is 20.9. The van der Waals surface area contributed by atoms with E-state index < -0.39 is 6.10 Å². The molecular weight excluding hydrogens is 446 g/mol. The first-order valence-electron chi connectivity index (χ1n) is 13.3. The van der Waals surface area contributed by atoms with E-state index in [0.717, 1.165) is 45.2 Å². The Hall–Kier alpha value is -2.16. The maximum Gasteiger partial charge on any atom is 0.317 e. The predicted octanol–water partition coefficient (Wildman–Crippen LogP) is 2.59. The first kappa shape index (κ1) is 25.9. The fraction of sp³-hybridized carbons (Fsp3) is 0.704. The monoisotopic (exact) mass is 487 g/mol. The van der Waals surface area contributed by atoms with Crippen molar-refractivity contribution >= 4 is 11.9 Å². The van der Waals surface area contributed by atoms with Gasteiger partial charge in [0.1, 0.15) is 6.10 Å². The number of aliphatic hydroxyl groups is 1. The smallest absolute Gasteiger partial charge is 0.317 e. The third-order valence-corrected chi connectivity index (χ3v) is 7.50. The molecule has 1 aromatic carbocycles. The van der Waals surface area contributed by atoms with E-state index in [9.17, 15) is 14.7 Å². The number of hydrogen-bond acceptors (Lipinski definition) is 5. The van der Waals surface area contributed by atoms with Crippen molar-refractivity contribution in [3.8, 4) is 0 Å². The Morgan fingerprint density at radius 3 is 2.60 bits per heavy atom. The van der Waals surface area contributed by atoms with Crippen molar-refractivity contribution in [1.29, 1.82) is 0 Å². The predicted molar refractivity (Wildman–Crippen MR) is 133 cm³/mol. The lowest BCUT2D eigenvalue weighted by Gasteiger charge is -2.44. The summed E-state index contributed by atoms with van der Waals surface area (Å²) >= 11 is 0. The molecule has 0 radical (unpaired) electrons. The molecule has 3 aliphatic rings.